The smallest absolute Gasteiger partial charge is 0.326 e. The summed E-state index contributed by atoms with van der Waals surface area (Å²) in [5, 5.41) is 0. The number of thiazole rings is 1. The third kappa shape index (κ3) is 5.80. The summed E-state index contributed by atoms with van der Waals surface area (Å²) in [6.07, 6.45) is 1.12. The number of amides is 1. The van der Waals surface area contributed by atoms with Crippen LogP contribution in [-0.2, 0) is 30.7 Å². The Morgan fingerprint density at radius 3 is 2.48 bits per heavy atom. The highest BCUT2D eigenvalue weighted by Crippen LogP contribution is 2.22. The van der Waals surface area contributed by atoms with E-state index in [1.165, 1.54) is 16.7 Å². The minimum atomic E-state index is -3.41. The quantitative estimate of drug-likeness (QED) is 0.500. The van der Waals surface area contributed by atoms with Crippen LogP contribution in [0.25, 0.3) is 10.2 Å². The molecule has 31 heavy (non-hydrogen) atoms. The van der Waals surface area contributed by atoms with Crippen LogP contribution in [0.2, 0.25) is 0 Å². The fourth-order valence-electron chi connectivity index (χ4n) is 2.78. The van der Waals surface area contributed by atoms with E-state index in [0.29, 0.717) is 16.0 Å². The van der Waals surface area contributed by atoms with Gasteiger partial charge in [0.05, 0.1) is 21.7 Å². The van der Waals surface area contributed by atoms with E-state index < -0.39 is 21.7 Å². The zero-order chi connectivity index (χ0) is 22.6. The van der Waals surface area contributed by atoms with Crippen LogP contribution in [-0.4, -0.2) is 44.3 Å². The first-order chi connectivity index (χ1) is 14.7. The number of hydrogen-bond acceptors (Lipinski definition) is 7. The van der Waals surface area contributed by atoms with Gasteiger partial charge < -0.3 is 14.0 Å². The molecule has 3 rings (SSSR count). The molecule has 0 saturated carbocycles. The molecule has 0 atom stereocenters. The molecule has 8 nitrogen and oxygen atoms in total. The number of carbonyl (C=O) groups excluding carboxylic acids is 2. The van der Waals surface area contributed by atoms with Crippen molar-refractivity contribution in [1.29, 1.82) is 0 Å². The molecule has 3 aromatic rings. The Balaban J connectivity index is 1.96. The van der Waals surface area contributed by atoms with E-state index in [1.807, 2.05) is 19.1 Å². The molecule has 0 unspecified atom stereocenters. The molecule has 0 fully saturated rings. The van der Waals surface area contributed by atoms with Gasteiger partial charge in [0.1, 0.15) is 12.3 Å². The first-order valence-corrected chi connectivity index (χ1v) is 12.1. The molecule has 0 aliphatic carbocycles. The summed E-state index contributed by atoms with van der Waals surface area (Å²) in [5.74, 6) is -0.477. The average molecular weight is 463 g/mol. The van der Waals surface area contributed by atoms with Crippen LogP contribution in [0.4, 0.5) is 0 Å². The maximum Gasteiger partial charge on any atom is 0.326 e. The normalized spacial score (nSPS) is 12.2. The second-order valence-corrected chi connectivity index (χ2v) is 9.81. The molecule has 0 radical (unpaired) electrons. The Kier molecular flexibility index (Phi) is 6.91. The topological polar surface area (TPSA) is 104 Å². The average Bonchev–Trinajstić information content (AvgIpc) is 3.03. The number of ether oxygens (including phenoxy) is 2. The van der Waals surface area contributed by atoms with Gasteiger partial charge in [0.25, 0.3) is 5.91 Å². The number of benzene rings is 2. The van der Waals surface area contributed by atoms with E-state index >= 15 is 0 Å². The molecule has 0 spiro atoms. The fraction of sp³-hybridized carbons (Fsp3) is 0.286. The monoisotopic (exact) mass is 462 g/mol. The molecule has 0 aliphatic heterocycles. The zero-order valence-corrected chi connectivity index (χ0v) is 19.0. The first-order valence-electron chi connectivity index (χ1n) is 9.43. The van der Waals surface area contributed by atoms with Crippen LogP contribution in [0.15, 0.2) is 52.4 Å². The van der Waals surface area contributed by atoms with E-state index in [1.54, 1.807) is 25.1 Å². The van der Waals surface area contributed by atoms with Gasteiger partial charge in [0.15, 0.2) is 21.2 Å². The van der Waals surface area contributed by atoms with Gasteiger partial charge >= 0.3 is 5.97 Å². The van der Waals surface area contributed by atoms with Crippen molar-refractivity contribution in [2.24, 2.45) is 4.99 Å². The first kappa shape index (κ1) is 22.7. The van der Waals surface area contributed by atoms with Gasteiger partial charge in [0.2, 0.25) is 0 Å². The minimum absolute atomic E-state index is 0.144. The molecule has 1 heterocycles. The van der Waals surface area contributed by atoms with Crippen molar-refractivity contribution in [3.63, 3.8) is 0 Å². The molecule has 2 aromatic carbocycles. The summed E-state index contributed by atoms with van der Waals surface area (Å²) in [4.78, 5) is 29.0. The molecule has 0 aliphatic rings. The summed E-state index contributed by atoms with van der Waals surface area (Å²) >= 11 is 1.11. The maximum absolute atomic E-state index is 12.4. The second kappa shape index (κ2) is 9.44. The van der Waals surface area contributed by atoms with E-state index in [2.05, 4.69) is 4.99 Å². The third-order valence-electron chi connectivity index (χ3n) is 4.28. The van der Waals surface area contributed by atoms with Crippen molar-refractivity contribution < 1.29 is 27.5 Å². The lowest BCUT2D eigenvalue weighted by molar-refractivity contribution is -0.143. The highest BCUT2D eigenvalue weighted by Gasteiger charge is 2.15. The lowest BCUT2D eigenvalue weighted by Crippen LogP contribution is -2.24. The molecule has 0 saturated heterocycles. The standard InChI is InChI=1S/C21H22N2O6S2/c1-4-28-20(25)12-23-17-10-9-16(31(3,26)27)11-18(17)30-21(23)22-19(24)13-29-15-7-5-14(2)6-8-15/h5-11H,4,12-13H2,1-3H3. The zero-order valence-electron chi connectivity index (χ0n) is 17.3. The Bertz CT molecular complexity index is 1290. The number of rotatable bonds is 7. The third-order valence-corrected chi connectivity index (χ3v) is 6.43. The molecule has 0 N–H and O–H groups in total. The summed E-state index contributed by atoms with van der Waals surface area (Å²) in [6, 6.07) is 11.8. The van der Waals surface area contributed by atoms with Gasteiger partial charge in [-0.2, -0.15) is 4.99 Å². The minimum Gasteiger partial charge on any atom is -0.484 e. The number of carbonyl (C=O) groups is 2. The molecular weight excluding hydrogens is 440 g/mol. The van der Waals surface area contributed by atoms with Crippen LogP contribution in [0.5, 0.6) is 5.75 Å². The number of aryl methyl sites for hydroxylation is 1. The number of sulfone groups is 1. The number of hydrogen-bond donors (Lipinski definition) is 0. The van der Waals surface area contributed by atoms with Crippen molar-refractivity contribution in [2.75, 3.05) is 19.5 Å². The van der Waals surface area contributed by atoms with Gasteiger partial charge in [-0.25, -0.2) is 8.42 Å². The van der Waals surface area contributed by atoms with E-state index in [4.69, 9.17) is 9.47 Å². The van der Waals surface area contributed by atoms with E-state index in [9.17, 15) is 18.0 Å². The van der Waals surface area contributed by atoms with Gasteiger partial charge in [-0.15, -0.1) is 0 Å². The van der Waals surface area contributed by atoms with Crippen LogP contribution in [0, 0.1) is 6.92 Å². The number of esters is 1. The van der Waals surface area contributed by atoms with Crippen molar-refractivity contribution in [3.05, 3.63) is 52.8 Å². The van der Waals surface area contributed by atoms with Crippen LogP contribution < -0.4 is 9.54 Å². The molecule has 10 heteroatoms. The lowest BCUT2D eigenvalue weighted by atomic mass is 10.2. The summed E-state index contributed by atoms with van der Waals surface area (Å²) in [5.41, 5.74) is 1.65. The molecule has 1 amide bonds. The molecule has 0 bridgehead atoms. The SMILES string of the molecule is CCOC(=O)Cn1c(=NC(=O)COc2ccc(C)cc2)sc2cc(S(C)(=O)=O)ccc21. The maximum atomic E-state index is 12.4. The van der Waals surface area contributed by atoms with Crippen LogP contribution in [0.1, 0.15) is 12.5 Å². The Morgan fingerprint density at radius 2 is 1.84 bits per heavy atom. The predicted molar refractivity (Wildman–Crippen MR) is 117 cm³/mol. The number of nitrogens with zero attached hydrogens (tertiary/aromatic N) is 2. The van der Waals surface area contributed by atoms with E-state index in [0.717, 1.165) is 23.2 Å². The molecule has 164 valence electrons. The van der Waals surface area contributed by atoms with Crippen molar-refractivity contribution in [2.45, 2.75) is 25.3 Å². The number of fused-ring (bicyclic) bond motifs is 1. The van der Waals surface area contributed by atoms with Gasteiger partial charge in [-0.05, 0) is 44.2 Å². The summed E-state index contributed by atoms with van der Waals surface area (Å²) in [6.45, 7) is 3.44. The largest absolute Gasteiger partial charge is 0.484 e. The molecular formula is C21H22N2O6S2. The van der Waals surface area contributed by atoms with Crippen molar-refractivity contribution >= 4 is 43.3 Å². The van der Waals surface area contributed by atoms with Crippen molar-refractivity contribution in [1.82, 2.24) is 4.57 Å². The number of aromatic nitrogens is 1. The van der Waals surface area contributed by atoms with Gasteiger partial charge in [-0.3, -0.25) is 9.59 Å². The van der Waals surface area contributed by atoms with Crippen molar-refractivity contribution in [3.8, 4) is 5.75 Å². The highest BCUT2D eigenvalue weighted by molar-refractivity contribution is 7.90. The summed E-state index contributed by atoms with van der Waals surface area (Å²) in [7, 11) is -3.41. The predicted octanol–water partition coefficient (Wildman–Crippen LogP) is 2.48. The summed E-state index contributed by atoms with van der Waals surface area (Å²) < 4.78 is 36.4. The van der Waals surface area contributed by atoms with Gasteiger partial charge in [-0.1, -0.05) is 29.0 Å². The fourth-order valence-corrected chi connectivity index (χ4v) is 4.58. The Morgan fingerprint density at radius 1 is 1.13 bits per heavy atom. The Labute approximate surface area is 183 Å². The van der Waals surface area contributed by atoms with Crippen LogP contribution >= 0.6 is 11.3 Å². The Hall–Kier alpha value is -2.98. The van der Waals surface area contributed by atoms with E-state index in [-0.39, 0.29) is 29.5 Å². The highest BCUT2D eigenvalue weighted by atomic mass is 32.2. The van der Waals surface area contributed by atoms with Gasteiger partial charge in [0, 0.05) is 6.26 Å². The second-order valence-electron chi connectivity index (χ2n) is 6.78. The lowest BCUT2D eigenvalue weighted by Gasteiger charge is -2.06. The molecule has 1 aromatic heterocycles. The van der Waals surface area contributed by atoms with Crippen LogP contribution in [0.3, 0.4) is 0 Å².